The highest BCUT2D eigenvalue weighted by molar-refractivity contribution is 14.0. The van der Waals surface area contributed by atoms with Gasteiger partial charge >= 0.3 is 0 Å². The number of rotatable bonds is 9. The second kappa shape index (κ2) is 12.7. The summed E-state index contributed by atoms with van der Waals surface area (Å²) in [6.07, 6.45) is 4.33. The Morgan fingerprint density at radius 2 is 1.96 bits per heavy atom. The first-order valence-corrected chi connectivity index (χ1v) is 9.47. The number of nitrogens with zero attached hydrogens (tertiary/aromatic N) is 2. The van der Waals surface area contributed by atoms with Crippen LogP contribution < -0.4 is 10.6 Å². The standard InChI is InChI=1S/C18H36N4O2.HI/c1-5-16(24)22-11-9-15(13-22)21-17(19-8-4)20-14-18(6-2,7-3)10-12-23;/h15,23H,5-14H2,1-4H3,(H2,19,20,21);1H. The van der Waals surface area contributed by atoms with Gasteiger partial charge in [0.2, 0.25) is 5.91 Å². The van der Waals surface area contributed by atoms with Gasteiger partial charge in [-0.25, -0.2) is 0 Å². The maximum Gasteiger partial charge on any atom is 0.222 e. The van der Waals surface area contributed by atoms with Gasteiger partial charge in [-0.15, -0.1) is 24.0 Å². The topological polar surface area (TPSA) is 77.0 Å². The van der Waals surface area contributed by atoms with E-state index in [9.17, 15) is 9.90 Å². The normalized spacial score (nSPS) is 18.0. The first-order valence-electron chi connectivity index (χ1n) is 9.47. The summed E-state index contributed by atoms with van der Waals surface area (Å²) in [4.78, 5) is 18.5. The highest BCUT2D eigenvalue weighted by Crippen LogP contribution is 2.30. The van der Waals surface area contributed by atoms with Crippen molar-refractivity contribution in [3.05, 3.63) is 0 Å². The average molecular weight is 468 g/mol. The minimum Gasteiger partial charge on any atom is -0.396 e. The minimum absolute atomic E-state index is 0. The van der Waals surface area contributed by atoms with Gasteiger partial charge in [-0.05, 0) is 38.0 Å². The molecule has 3 N–H and O–H groups in total. The molecule has 0 saturated carbocycles. The SMILES string of the molecule is CCNC(=NCC(CC)(CC)CCO)NC1CCN(C(=O)CC)C1.I. The summed E-state index contributed by atoms with van der Waals surface area (Å²) >= 11 is 0. The van der Waals surface area contributed by atoms with E-state index in [4.69, 9.17) is 4.99 Å². The van der Waals surface area contributed by atoms with E-state index in [-0.39, 0.29) is 47.9 Å². The van der Waals surface area contributed by atoms with Crippen molar-refractivity contribution in [2.45, 2.75) is 65.8 Å². The Hall–Kier alpha value is -0.570. The fraction of sp³-hybridized carbons (Fsp3) is 0.889. The number of aliphatic imine (C=N–C) groups is 1. The second-order valence-corrected chi connectivity index (χ2v) is 6.70. The molecule has 0 aromatic rings. The van der Waals surface area contributed by atoms with Gasteiger partial charge in [-0.1, -0.05) is 20.8 Å². The molecule has 0 aromatic carbocycles. The van der Waals surface area contributed by atoms with Gasteiger partial charge in [0, 0.05) is 45.2 Å². The zero-order valence-electron chi connectivity index (χ0n) is 16.3. The molecule has 1 rings (SSSR count). The highest BCUT2D eigenvalue weighted by Gasteiger charge is 2.27. The molecule has 148 valence electrons. The molecule has 1 unspecified atom stereocenters. The van der Waals surface area contributed by atoms with Crippen molar-refractivity contribution >= 4 is 35.8 Å². The predicted molar refractivity (Wildman–Crippen MR) is 115 cm³/mol. The number of carbonyl (C=O) groups is 1. The van der Waals surface area contributed by atoms with Gasteiger partial charge in [0.25, 0.3) is 0 Å². The van der Waals surface area contributed by atoms with Crippen molar-refractivity contribution in [2.24, 2.45) is 10.4 Å². The van der Waals surface area contributed by atoms with Gasteiger partial charge < -0.3 is 20.6 Å². The fourth-order valence-corrected chi connectivity index (χ4v) is 3.23. The second-order valence-electron chi connectivity index (χ2n) is 6.70. The van der Waals surface area contributed by atoms with Gasteiger partial charge in [0.1, 0.15) is 0 Å². The van der Waals surface area contributed by atoms with Crippen LogP contribution in [0.5, 0.6) is 0 Å². The highest BCUT2D eigenvalue weighted by atomic mass is 127. The van der Waals surface area contributed by atoms with Gasteiger partial charge in [-0.3, -0.25) is 9.79 Å². The van der Waals surface area contributed by atoms with E-state index < -0.39 is 0 Å². The summed E-state index contributed by atoms with van der Waals surface area (Å²) in [6.45, 7) is 11.6. The molecular weight excluding hydrogens is 431 g/mol. The maximum atomic E-state index is 11.8. The lowest BCUT2D eigenvalue weighted by atomic mass is 9.79. The van der Waals surface area contributed by atoms with Crippen molar-refractivity contribution in [2.75, 3.05) is 32.8 Å². The number of carbonyl (C=O) groups excluding carboxylic acids is 1. The first-order chi connectivity index (χ1) is 11.5. The minimum atomic E-state index is 0. The molecule has 1 atom stereocenters. The number of aliphatic hydroxyl groups is 1. The summed E-state index contributed by atoms with van der Waals surface area (Å²) in [5.41, 5.74) is 0.0665. The maximum absolute atomic E-state index is 11.8. The lowest BCUT2D eigenvalue weighted by molar-refractivity contribution is -0.129. The van der Waals surface area contributed by atoms with Crippen molar-refractivity contribution in [3.63, 3.8) is 0 Å². The molecule has 1 aliphatic rings. The van der Waals surface area contributed by atoms with Crippen LogP contribution >= 0.6 is 24.0 Å². The zero-order valence-corrected chi connectivity index (χ0v) is 18.6. The van der Waals surface area contributed by atoms with Crippen LogP contribution in [0.2, 0.25) is 0 Å². The Labute approximate surface area is 170 Å². The summed E-state index contributed by atoms with van der Waals surface area (Å²) in [7, 11) is 0. The first kappa shape index (κ1) is 24.4. The van der Waals surface area contributed by atoms with Crippen LogP contribution in [0.15, 0.2) is 4.99 Å². The summed E-state index contributed by atoms with van der Waals surface area (Å²) in [5, 5.41) is 16.1. The van der Waals surface area contributed by atoms with Crippen molar-refractivity contribution in [1.29, 1.82) is 0 Å². The summed E-state index contributed by atoms with van der Waals surface area (Å²) in [5.74, 6) is 1.04. The van der Waals surface area contributed by atoms with Crippen LogP contribution in [0.1, 0.15) is 59.8 Å². The molecule has 0 bridgehead atoms. The average Bonchev–Trinajstić information content (AvgIpc) is 3.06. The van der Waals surface area contributed by atoms with E-state index >= 15 is 0 Å². The molecule has 1 heterocycles. The number of hydrogen-bond acceptors (Lipinski definition) is 3. The van der Waals surface area contributed by atoms with Crippen LogP contribution in [-0.2, 0) is 4.79 Å². The van der Waals surface area contributed by atoms with Crippen molar-refractivity contribution < 1.29 is 9.90 Å². The smallest absolute Gasteiger partial charge is 0.222 e. The molecule has 0 aromatic heterocycles. The number of hydrogen-bond donors (Lipinski definition) is 3. The number of halogens is 1. The third-order valence-corrected chi connectivity index (χ3v) is 5.24. The van der Waals surface area contributed by atoms with E-state index in [0.29, 0.717) is 13.0 Å². The molecule has 0 aliphatic carbocycles. The fourth-order valence-electron chi connectivity index (χ4n) is 3.23. The number of nitrogens with one attached hydrogen (secondary N) is 2. The van der Waals surface area contributed by atoms with Crippen molar-refractivity contribution in [3.8, 4) is 0 Å². The Bertz CT molecular complexity index is 414. The number of guanidine groups is 1. The lowest BCUT2D eigenvalue weighted by Crippen LogP contribution is -2.45. The Balaban J connectivity index is 0.00000576. The molecule has 1 fully saturated rings. The molecule has 0 spiro atoms. The molecule has 1 amide bonds. The molecule has 6 nitrogen and oxygen atoms in total. The van der Waals surface area contributed by atoms with Crippen LogP contribution in [0.3, 0.4) is 0 Å². The van der Waals surface area contributed by atoms with Crippen LogP contribution in [0.25, 0.3) is 0 Å². The predicted octanol–water partition coefficient (Wildman–Crippen LogP) is 2.36. The Kier molecular flexibility index (Phi) is 12.4. The van der Waals surface area contributed by atoms with E-state index in [1.54, 1.807) is 0 Å². The van der Waals surface area contributed by atoms with Crippen LogP contribution in [-0.4, -0.2) is 60.7 Å². The van der Waals surface area contributed by atoms with Gasteiger partial charge in [0.15, 0.2) is 5.96 Å². The number of amides is 1. The summed E-state index contributed by atoms with van der Waals surface area (Å²) < 4.78 is 0. The lowest BCUT2D eigenvalue weighted by Gasteiger charge is -2.30. The Morgan fingerprint density at radius 3 is 2.48 bits per heavy atom. The molecular formula is C18H37IN4O2. The molecule has 1 aliphatic heterocycles. The summed E-state index contributed by atoms with van der Waals surface area (Å²) in [6, 6.07) is 0.258. The molecule has 7 heteroatoms. The number of aliphatic hydroxyl groups excluding tert-OH is 1. The zero-order chi connectivity index (χ0) is 18.0. The largest absolute Gasteiger partial charge is 0.396 e. The molecule has 25 heavy (non-hydrogen) atoms. The quantitative estimate of drug-likeness (QED) is 0.276. The molecule has 0 radical (unpaired) electrons. The van der Waals surface area contributed by atoms with E-state index in [0.717, 1.165) is 51.3 Å². The Morgan fingerprint density at radius 1 is 1.28 bits per heavy atom. The van der Waals surface area contributed by atoms with Gasteiger partial charge in [-0.2, -0.15) is 0 Å². The van der Waals surface area contributed by atoms with E-state index in [1.165, 1.54) is 0 Å². The van der Waals surface area contributed by atoms with E-state index in [2.05, 4.69) is 31.4 Å². The molecule has 1 saturated heterocycles. The third kappa shape index (κ3) is 7.68. The number of likely N-dealkylation sites (tertiary alicyclic amines) is 1. The third-order valence-electron chi connectivity index (χ3n) is 5.24. The van der Waals surface area contributed by atoms with E-state index in [1.807, 2.05) is 11.8 Å². The van der Waals surface area contributed by atoms with Crippen LogP contribution in [0, 0.1) is 5.41 Å². The van der Waals surface area contributed by atoms with Crippen LogP contribution in [0.4, 0.5) is 0 Å². The van der Waals surface area contributed by atoms with Crippen molar-refractivity contribution in [1.82, 2.24) is 15.5 Å². The monoisotopic (exact) mass is 468 g/mol. The van der Waals surface area contributed by atoms with Gasteiger partial charge in [0.05, 0.1) is 0 Å².